The van der Waals surface area contributed by atoms with E-state index in [1.807, 2.05) is 53.3 Å². The van der Waals surface area contributed by atoms with Crippen LogP contribution in [0.25, 0.3) is 0 Å². The number of aliphatic hydroxyl groups is 3. The van der Waals surface area contributed by atoms with Gasteiger partial charge in [-0.2, -0.15) is 0 Å². The summed E-state index contributed by atoms with van der Waals surface area (Å²) in [7, 11) is -3.52. The van der Waals surface area contributed by atoms with Crippen LogP contribution in [-0.2, 0) is 21.2 Å². The van der Waals surface area contributed by atoms with E-state index >= 15 is 0 Å². The predicted molar refractivity (Wildman–Crippen MR) is 124 cm³/mol. The molecule has 1 saturated carbocycles. The third kappa shape index (κ3) is 9.65. The van der Waals surface area contributed by atoms with Gasteiger partial charge in [-0.15, -0.1) is 0 Å². The van der Waals surface area contributed by atoms with Crippen molar-refractivity contribution in [3.63, 3.8) is 0 Å². The van der Waals surface area contributed by atoms with Crippen molar-refractivity contribution in [1.29, 1.82) is 0 Å². The van der Waals surface area contributed by atoms with Gasteiger partial charge in [-0.1, -0.05) is 54.6 Å². The smallest absolute Gasteiger partial charge is 0.233 e. The first-order valence-electron chi connectivity index (χ1n) is 11.1. The SMILES string of the molecule is CS(=O)(=O)NC(=O)CCC/C=C\C[C@@H]1[C@@H](/C=C/[C@@H](O)CCc2ccccc2)[C@H](O)C[C@@H]1O. The third-order valence-corrected chi connectivity index (χ3v) is 6.29. The molecule has 0 unspecified atom stereocenters. The lowest BCUT2D eigenvalue weighted by molar-refractivity contribution is -0.119. The van der Waals surface area contributed by atoms with E-state index in [0.717, 1.165) is 18.2 Å². The minimum absolute atomic E-state index is 0.119. The summed E-state index contributed by atoms with van der Waals surface area (Å²) in [5.41, 5.74) is 1.16. The number of rotatable bonds is 12. The van der Waals surface area contributed by atoms with E-state index in [1.54, 1.807) is 6.08 Å². The highest BCUT2D eigenvalue weighted by Gasteiger charge is 2.39. The number of carbonyl (C=O) groups excluding carboxylic acids is 1. The van der Waals surface area contributed by atoms with Gasteiger partial charge in [0, 0.05) is 18.8 Å². The number of amides is 1. The quantitative estimate of drug-likeness (QED) is 0.277. The number of sulfonamides is 1. The first kappa shape index (κ1) is 26.3. The highest BCUT2D eigenvalue weighted by Crippen LogP contribution is 2.36. The zero-order valence-electron chi connectivity index (χ0n) is 18.5. The molecule has 0 aromatic heterocycles. The number of allylic oxidation sites excluding steroid dienone is 2. The monoisotopic (exact) mass is 465 g/mol. The number of aliphatic hydroxyl groups excluding tert-OH is 3. The average molecular weight is 466 g/mol. The molecule has 2 rings (SSSR count). The lowest BCUT2D eigenvalue weighted by atomic mass is 9.89. The van der Waals surface area contributed by atoms with Crippen LogP contribution in [0.4, 0.5) is 0 Å². The average Bonchev–Trinajstić information content (AvgIpc) is 2.99. The van der Waals surface area contributed by atoms with Crippen LogP contribution in [0.1, 0.15) is 44.1 Å². The summed E-state index contributed by atoms with van der Waals surface area (Å²) >= 11 is 0. The van der Waals surface area contributed by atoms with Crippen LogP contribution in [0.2, 0.25) is 0 Å². The highest BCUT2D eigenvalue weighted by molar-refractivity contribution is 7.89. The fraction of sp³-hybridized carbons (Fsp3) is 0.542. The Morgan fingerprint density at radius 1 is 1.19 bits per heavy atom. The molecule has 178 valence electrons. The molecule has 1 amide bonds. The maximum absolute atomic E-state index is 11.5. The molecule has 32 heavy (non-hydrogen) atoms. The van der Waals surface area contributed by atoms with E-state index in [2.05, 4.69) is 0 Å². The second-order valence-corrected chi connectivity index (χ2v) is 10.2. The highest BCUT2D eigenvalue weighted by atomic mass is 32.2. The van der Waals surface area contributed by atoms with Crippen molar-refractivity contribution in [2.75, 3.05) is 6.26 Å². The number of unbranched alkanes of at least 4 members (excludes halogenated alkanes) is 1. The van der Waals surface area contributed by atoms with Crippen molar-refractivity contribution in [3.8, 4) is 0 Å². The molecule has 0 radical (unpaired) electrons. The molecule has 7 nitrogen and oxygen atoms in total. The molecule has 5 atom stereocenters. The molecule has 0 heterocycles. The molecule has 1 fully saturated rings. The molecule has 0 saturated heterocycles. The Kier molecular flexibility index (Phi) is 10.6. The van der Waals surface area contributed by atoms with Crippen molar-refractivity contribution in [1.82, 2.24) is 4.72 Å². The first-order chi connectivity index (χ1) is 15.2. The second-order valence-electron chi connectivity index (χ2n) is 8.48. The summed E-state index contributed by atoms with van der Waals surface area (Å²) in [6.07, 6.45) is 9.90. The fourth-order valence-corrected chi connectivity index (χ4v) is 4.54. The van der Waals surface area contributed by atoms with Crippen molar-refractivity contribution in [2.45, 2.75) is 63.3 Å². The Balaban J connectivity index is 1.77. The lowest BCUT2D eigenvalue weighted by Crippen LogP contribution is -2.28. The van der Waals surface area contributed by atoms with Crippen molar-refractivity contribution in [2.24, 2.45) is 11.8 Å². The van der Waals surface area contributed by atoms with E-state index in [4.69, 9.17) is 0 Å². The van der Waals surface area contributed by atoms with E-state index in [-0.39, 0.29) is 18.3 Å². The molecule has 1 aliphatic carbocycles. The van der Waals surface area contributed by atoms with Crippen molar-refractivity contribution >= 4 is 15.9 Å². The van der Waals surface area contributed by atoms with Gasteiger partial charge in [0.05, 0.1) is 24.6 Å². The van der Waals surface area contributed by atoms with Gasteiger partial charge < -0.3 is 15.3 Å². The lowest BCUT2D eigenvalue weighted by Gasteiger charge is -2.19. The van der Waals surface area contributed by atoms with Crippen LogP contribution in [-0.4, -0.2) is 54.2 Å². The molecule has 8 heteroatoms. The minimum atomic E-state index is -3.52. The summed E-state index contributed by atoms with van der Waals surface area (Å²) < 4.78 is 23.9. The summed E-state index contributed by atoms with van der Waals surface area (Å²) in [4.78, 5) is 11.5. The molecule has 1 aliphatic rings. The van der Waals surface area contributed by atoms with Gasteiger partial charge in [-0.05, 0) is 43.6 Å². The van der Waals surface area contributed by atoms with Gasteiger partial charge in [0.25, 0.3) is 0 Å². The van der Waals surface area contributed by atoms with E-state index in [0.29, 0.717) is 32.1 Å². The zero-order chi connectivity index (χ0) is 23.6. The molecule has 0 spiro atoms. The van der Waals surface area contributed by atoms with Gasteiger partial charge in [-0.3, -0.25) is 9.52 Å². The number of hydrogen-bond donors (Lipinski definition) is 4. The van der Waals surface area contributed by atoms with Gasteiger partial charge >= 0.3 is 0 Å². The van der Waals surface area contributed by atoms with Crippen LogP contribution in [0, 0.1) is 11.8 Å². The number of benzene rings is 1. The topological polar surface area (TPSA) is 124 Å². The number of carbonyl (C=O) groups is 1. The van der Waals surface area contributed by atoms with E-state index < -0.39 is 34.2 Å². The standard InChI is InChI=1S/C24H35NO6S/c1-32(30,31)25-24(29)12-8-3-2-7-11-20-21(23(28)17-22(20)27)16-15-19(26)14-13-18-9-5-4-6-10-18/h2,4-7,9-10,15-16,19-23,26-28H,3,8,11-14,17H2,1H3,(H,25,29)/b7-2-,16-15+/t19-,20+,21+,22-,23+/m0/s1. The van der Waals surface area contributed by atoms with Gasteiger partial charge in [-0.25, -0.2) is 8.42 Å². The Hall–Kier alpha value is -2.00. The maximum Gasteiger partial charge on any atom is 0.233 e. The van der Waals surface area contributed by atoms with Crippen molar-refractivity contribution in [3.05, 3.63) is 60.2 Å². The summed E-state index contributed by atoms with van der Waals surface area (Å²) in [5.74, 6) is -0.903. The van der Waals surface area contributed by atoms with Crippen LogP contribution < -0.4 is 4.72 Å². The number of aryl methyl sites for hydroxylation is 1. The van der Waals surface area contributed by atoms with Crippen LogP contribution >= 0.6 is 0 Å². The van der Waals surface area contributed by atoms with E-state index in [9.17, 15) is 28.5 Å². The Morgan fingerprint density at radius 3 is 2.59 bits per heavy atom. The summed E-state index contributed by atoms with van der Waals surface area (Å²) in [5, 5.41) is 30.9. The molecule has 0 bridgehead atoms. The largest absolute Gasteiger partial charge is 0.393 e. The summed E-state index contributed by atoms with van der Waals surface area (Å²) in [6, 6.07) is 9.94. The Morgan fingerprint density at radius 2 is 1.91 bits per heavy atom. The number of hydrogen-bond acceptors (Lipinski definition) is 6. The molecule has 1 aromatic carbocycles. The van der Waals surface area contributed by atoms with Crippen molar-refractivity contribution < 1.29 is 28.5 Å². The van der Waals surface area contributed by atoms with Crippen LogP contribution in [0.5, 0.6) is 0 Å². The van der Waals surface area contributed by atoms with Crippen LogP contribution in [0.3, 0.4) is 0 Å². The van der Waals surface area contributed by atoms with Gasteiger partial charge in [0.15, 0.2) is 0 Å². The van der Waals surface area contributed by atoms with E-state index in [1.165, 1.54) is 0 Å². The minimum Gasteiger partial charge on any atom is -0.393 e. The molecular formula is C24H35NO6S. The number of nitrogens with one attached hydrogen (secondary N) is 1. The third-order valence-electron chi connectivity index (χ3n) is 5.69. The molecule has 0 aliphatic heterocycles. The van der Waals surface area contributed by atoms with Gasteiger partial charge in [0.1, 0.15) is 0 Å². The zero-order valence-corrected chi connectivity index (χ0v) is 19.3. The maximum atomic E-state index is 11.5. The van der Waals surface area contributed by atoms with Gasteiger partial charge in [0.2, 0.25) is 15.9 Å². The second kappa shape index (κ2) is 12.9. The molecular weight excluding hydrogens is 430 g/mol. The first-order valence-corrected chi connectivity index (χ1v) is 13.0. The normalized spacial score (nSPS) is 24.9. The molecule has 1 aromatic rings. The molecule has 4 N–H and O–H groups in total. The Labute approximate surface area is 190 Å². The predicted octanol–water partition coefficient (Wildman–Crippen LogP) is 2.09. The van der Waals surface area contributed by atoms with Crippen LogP contribution in [0.15, 0.2) is 54.6 Å². The fourth-order valence-electron chi connectivity index (χ4n) is 4.03. The Bertz CT molecular complexity index is 868. The summed E-state index contributed by atoms with van der Waals surface area (Å²) in [6.45, 7) is 0.